The molecule has 4 nitrogen and oxygen atoms in total. The van der Waals surface area contributed by atoms with E-state index in [-0.39, 0.29) is 12.5 Å². The number of aromatic nitrogens is 1. The number of carbonyl (C=O) groups excluding carboxylic acids is 1. The summed E-state index contributed by atoms with van der Waals surface area (Å²) in [5, 5.41) is 0. The summed E-state index contributed by atoms with van der Waals surface area (Å²) in [6.07, 6.45) is 8.53. The lowest BCUT2D eigenvalue weighted by Crippen LogP contribution is -2.30. The lowest BCUT2D eigenvalue weighted by Gasteiger charge is -2.18. The fraction of sp³-hybridized carbons (Fsp3) is 0.0667. The number of benzene rings is 1. The summed E-state index contributed by atoms with van der Waals surface area (Å²) in [4.78, 5) is 18.1. The van der Waals surface area contributed by atoms with E-state index in [9.17, 15) is 4.79 Å². The molecule has 0 saturated carbocycles. The van der Waals surface area contributed by atoms with Gasteiger partial charge in [0.05, 0.1) is 24.0 Å². The summed E-state index contributed by atoms with van der Waals surface area (Å²) < 4.78 is 5.76. The van der Waals surface area contributed by atoms with Crippen molar-refractivity contribution in [3.63, 3.8) is 0 Å². The molecule has 1 aliphatic heterocycles. The molecule has 1 amide bonds. The first kappa shape index (κ1) is 11.3. The van der Waals surface area contributed by atoms with Gasteiger partial charge in [0.2, 0.25) is 0 Å². The van der Waals surface area contributed by atoms with Gasteiger partial charge in [-0.15, -0.1) is 6.42 Å². The Morgan fingerprint density at radius 3 is 2.95 bits per heavy atom. The van der Waals surface area contributed by atoms with Crippen LogP contribution in [0.5, 0.6) is 11.5 Å². The van der Waals surface area contributed by atoms with Gasteiger partial charge in [-0.2, -0.15) is 0 Å². The van der Waals surface area contributed by atoms with Crippen LogP contribution in [0.25, 0.3) is 0 Å². The van der Waals surface area contributed by atoms with Crippen molar-refractivity contribution in [3.8, 4) is 23.8 Å². The maximum atomic E-state index is 12.5. The number of para-hydroxylation sites is 1. The van der Waals surface area contributed by atoms with Crippen LogP contribution in [0.2, 0.25) is 0 Å². The summed E-state index contributed by atoms with van der Waals surface area (Å²) in [6, 6.07) is 8.81. The Bertz CT molecular complexity index is 689. The van der Waals surface area contributed by atoms with E-state index in [4.69, 9.17) is 11.2 Å². The second-order valence-electron chi connectivity index (χ2n) is 4.04. The van der Waals surface area contributed by atoms with E-state index in [1.54, 1.807) is 36.7 Å². The predicted octanol–water partition coefficient (Wildman–Crippen LogP) is 2.47. The zero-order chi connectivity index (χ0) is 13.2. The third-order valence-electron chi connectivity index (χ3n) is 2.89. The number of rotatable bonds is 1. The van der Waals surface area contributed by atoms with Crippen molar-refractivity contribution in [2.75, 3.05) is 11.4 Å². The molecule has 0 bridgehead atoms. The fourth-order valence-corrected chi connectivity index (χ4v) is 2.03. The van der Waals surface area contributed by atoms with Crippen LogP contribution in [0.4, 0.5) is 5.69 Å². The van der Waals surface area contributed by atoms with Gasteiger partial charge in [0, 0.05) is 6.20 Å². The number of nitrogens with zero attached hydrogens (tertiary/aromatic N) is 2. The van der Waals surface area contributed by atoms with Crippen molar-refractivity contribution in [3.05, 3.63) is 48.3 Å². The Hall–Kier alpha value is -2.80. The lowest BCUT2D eigenvalue weighted by molar-refractivity contribution is 0.0990. The number of hydrogen-bond acceptors (Lipinski definition) is 3. The zero-order valence-corrected chi connectivity index (χ0v) is 10.0. The number of hydrogen-bond donors (Lipinski definition) is 0. The molecule has 0 fully saturated rings. The van der Waals surface area contributed by atoms with Crippen LogP contribution in [0.15, 0.2) is 42.7 Å². The molecular formula is C15H10N2O2. The molecule has 19 heavy (non-hydrogen) atoms. The summed E-state index contributed by atoms with van der Waals surface area (Å²) >= 11 is 0. The number of fused-ring (bicyclic) bond motifs is 2. The molecule has 0 radical (unpaired) electrons. The van der Waals surface area contributed by atoms with Crippen molar-refractivity contribution in [1.29, 1.82) is 0 Å². The van der Waals surface area contributed by atoms with Crippen molar-refractivity contribution < 1.29 is 9.53 Å². The van der Waals surface area contributed by atoms with E-state index >= 15 is 0 Å². The van der Waals surface area contributed by atoms with Gasteiger partial charge in [0.15, 0.2) is 5.75 Å². The van der Waals surface area contributed by atoms with Gasteiger partial charge >= 0.3 is 0 Å². The monoisotopic (exact) mass is 250 g/mol. The molecule has 0 spiro atoms. The number of carbonyl (C=O) groups is 1. The van der Waals surface area contributed by atoms with Crippen LogP contribution >= 0.6 is 0 Å². The first-order valence-electron chi connectivity index (χ1n) is 5.77. The molecule has 4 heteroatoms. The minimum atomic E-state index is -0.168. The smallest absolute Gasteiger partial charge is 0.263 e. The van der Waals surface area contributed by atoms with Gasteiger partial charge in [-0.25, -0.2) is 0 Å². The lowest BCUT2D eigenvalue weighted by atomic mass is 10.1. The zero-order valence-electron chi connectivity index (χ0n) is 10.0. The van der Waals surface area contributed by atoms with Crippen molar-refractivity contribution in [2.24, 2.45) is 0 Å². The highest BCUT2D eigenvalue weighted by atomic mass is 16.5. The topological polar surface area (TPSA) is 42.4 Å². The Kier molecular flexibility index (Phi) is 2.66. The van der Waals surface area contributed by atoms with Gasteiger partial charge in [-0.3, -0.25) is 14.7 Å². The quantitative estimate of drug-likeness (QED) is 0.730. The number of terminal acetylenes is 1. The Balaban J connectivity index is 2.22. The molecule has 2 heterocycles. The van der Waals surface area contributed by atoms with E-state index in [1.165, 1.54) is 4.90 Å². The van der Waals surface area contributed by atoms with E-state index in [2.05, 4.69) is 10.9 Å². The van der Waals surface area contributed by atoms with Crippen molar-refractivity contribution >= 4 is 11.6 Å². The van der Waals surface area contributed by atoms with Gasteiger partial charge in [0.1, 0.15) is 5.75 Å². The SMILES string of the molecule is C#CCN1C(=O)c2ccccc2Oc2cnccc21. The Morgan fingerprint density at radius 1 is 1.26 bits per heavy atom. The van der Waals surface area contributed by atoms with E-state index < -0.39 is 0 Å². The highest BCUT2D eigenvalue weighted by molar-refractivity contribution is 6.09. The predicted molar refractivity (Wildman–Crippen MR) is 71.3 cm³/mol. The van der Waals surface area contributed by atoms with Crippen molar-refractivity contribution in [2.45, 2.75) is 0 Å². The van der Waals surface area contributed by atoms with Crippen LogP contribution in [-0.4, -0.2) is 17.4 Å². The number of pyridine rings is 1. The Morgan fingerprint density at radius 2 is 2.11 bits per heavy atom. The maximum Gasteiger partial charge on any atom is 0.263 e. The molecule has 1 aromatic carbocycles. The van der Waals surface area contributed by atoms with Crippen LogP contribution in [-0.2, 0) is 0 Å². The first-order valence-corrected chi connectivity index (χ1v) is 5.77. The fourth-order valence-electron chi connectivity index (χ4n) is 2.03. The highest BCUT2D eigenvalue weighted by Gasteiger charge is 2.27. The van der Waals surface area contributed by atoms with Crippen LogP contribution in [0.3, 0.4) is 0 Å². The number of ether oxygens (including phenoxy) is 1. The third kappa shape index (κ3) is 1.81. The van der Waals surface area contributed by atoms with E-state index in [0.29, 0.717) is 22.7 Å². The molecule has 0 unspecified atom stereocenters. The molecule has 0 N–H and O–H groups in total. The summed E-state index contributed by atoms with van der Waals surface area (Å²) in [6.45, 7) is 0.188. The largest absolute Gasteiger partial charge is 0.453 e. The summed E-state index contributed by atoms with van der Waals surface area (Å²) in [5.74, 6) is 3.37. The molecule has 92 valence electrons. The molecule has 2 aromatic rings. The summed E-state index contributed by atoms with van der Waals surface area (Å²) in [7, 11) is 0. The van der Waals surface area contributed by atoms with Gasteiger partial charge in [-0.05, 0) is 18.2 Å². The number of anilines is 1. The summed E-state index contributed by atoms with van der Waals surface area (Å²) in [5.41, 5.74) is 1.13. The van der Waals surface area contributed by atoms with Crippen LogP contribution < -0.4 is 9.64 Å². The van der Waals surface area contributed by atoms with E-state index in [0.717, 1.165) is 0 Å². The average molecular weight is 250 g/mol. The van der Waals surface area contributed by atoms with Crippen molar-refractivity contribution in [1.82, 2.24) is 4.98 Å². The van der Waals surface area contributed by atoms with Gasteiger partial charge < -0.3 is 4.74 Å². The minimum absolute atomic E-state index is 0.168. The molecule has 3 rings (SSSR count). The average Bonchev–Trinajstić information content (AvgIpc) is 2.56. The first-order chi connectivity index (χ1) is 9.31. The molecule has 1 aromatic heterocycles. The standard InChI is InChI=1S/C15H10N2O2/c1-2-9-17-12-7-8-16-10-14(12)19-13-6-4-3-5-11(13)15(17)18/h1,3-8,10H,9H2. The molecular weight excluding hydrogens is 240 g/mol. The van der Waals surface area contributed by atoms with E-state index in [1.807, 2.05) is 6.07 Å². The molecule has 1 aliphatic rings. The van der Waals surface area contributed by atoms with Gasteiger partial charge in [-0.1, -0.05) is 18.1 Å². The molecule has 0 atom stereocenters. The second-order valence-corrected chi connectivity index (χ2v) is 4.04. The second kappa shape index (κ2) is 4.46. The molecule has 0 saturated heterocycles. The van der Waals surface area contributed by atoms with Crippen LogP contribution in [0, 0.1) is 12.3 Å². The highest BCUT2D eigenvalue weighted by Crippen LogP contribution is 2.37. The normalized spacial score (nSPS) is 12.8. The van der Waals surface area contributed by atoms with Crippen LogP contribution in [0.1, 0.15) is 10.4 Å². The maximum absolute atomic E-state index is 12.5. The third-order valence-corrected chi connectivity index (χ3v) is 2.89. The minimum Gasteiger partial charge on any atom is -0.453 e. The Labute approximate surface area is 110 Å². The molecule has 0 aliphatic carbocycles. The number of amides is 1. The van der Waals surface area contributed by atoms with Gasteiger partial charge in [0.25, 0.3) is 5.91 Å².